The third-order valence-corrected chi connectivity index (χ3v) is 3.32. The van der Waals surface area contributed by atoms with E-state index in [1.807, 2.05) is 38.1 Å². The first kappa shape index (κ1) is 15.3. The molecule has 23 heavy (non-hydrogen) atoms. The number of benzene rings is 1. The van der Waals surface area contributed by atoms with E-state index < -0.39 is 0 Å². The van der Waals surface area contributed by atoms with Crippen LogP contribution in [0.3, 0.4) is 0 Å². The van der Waals surface area contributed by atoms with Crippen LogP contribution in [-0.4, -0.2) is 28.0 Å². The highest BCUT2D eigenvalue weighted by Crippen LogP contribution is 2.27. The van der Waals surface area contributed by atoms with Crippen LogP contribution in [0.1, 0.15) is 37.0 Å². The van der Waals surface area contributed by atoms with Gasteiger partial charge in [-0.25, -0.2) is 9.97 Å². The van der Waals surface area contributed by atoms with Crippen molar-refractivity contribution < 1.29 is 9.53 Å². The average Bonchev–Trinajstić information content (AvgIpc) is 3.33. The van der Waals surface area contributed by atoms with Crippen molar-refractivity contribution in [2.75, 3.05) is 5.32 Å². The molecule has 0 saturated heterocycles. The number of carbonyl (C=O) groups is 1. The molecule has 6 heteroatoms. The Balaban J connectivity index is 1.69. The number of hydrogen-bond acceptors (Lipinski definition) is 5. The van der Waals surface area contributed by atoms with Crippen molar-refractivity contribution in [2.24, 2.45) is 0 Å². The van der Waals surface area contributed by atoms with Gasteiger partial charge in [-0.05, 0) is 38.8 Å². The Bertz CT molecular complexity index is 681. The number of amides is 1. The zero-order valence-corrected chi connectivity index (χ0v) is 13.2. The SMILES string of the molecule is CC(C)Oc1ccccc1Nc1ncc(C(=O)NC2CC2)cn1. The summed E-state index contributed by atoms with van der Waals surface area (Å²) in [6, 6.07) is 7.93. The average molecular weight is 312 g/mol. The molecular formula is C17H20N4O2. The lowest BCUT2D eigenvalue weighted by Crippen LogP contribution is -2.25. The summed E-state index contributed by atoms with van der Waals surface area (Å²) in [5, 5.41) is 6.03. The van der Waals surface area contributed by atoms with Crippen LogP contribution in [0, 0.1) is 0 Å². The molecular weight excluding hydrogens is 292 g/mol. The molecule has 1 aliphatic rings. The highest BCUT2D eigenvalue weighted by atomic mass is 16.5. The number of nitrogens with zero attached hydrogens (tertiary/aromatic N) is 2. The second-order valence-electron chi connectivity index (χ2n) is 5.83. The van der Waals surface area contributed by atoms with Gasteiger partial charge in [0.1, 0.15) is 5.75 Å². The molecule has 2 aromatic rings. The van der Waals surface area contributed by atoms with Gasteiger partial charge in [0.05, 0.1) is 17.4 Å². The molecule has 1 saturated carbocycles. The molecule has 1 amide bonds. The molecule has 6 nitrogen and oxygen atoms in total. The van der Waals surface area contributed by atoms with Gasteiger partial charge in [0, 0.05) is 18.4 Å². The number of anilines is 2. The molecule has 1 aromatic heterocycles. The lowest BCUT2D eigenvalue weighted by atomic mass is 10.3. The second-order valence-corrected chi connectivity index (χ2v) is 5.83. The molecule has 3 rings (SSSR count). The van der Waals surface area contributed by atoms with Gasteiger partial charge in [-0.3, -0.25) is 4.79 Å². The Morgan fingerprint density at radius 2 is 1.91 bits per heavy atom. The molecule has 0 spiro atoms. The van der Waals surface area contributed by atoms with Crippen molar-refractivity contribution in [3.8, 4) is 5.75 Å². The fourth-order valence-electron chi connectivity index (χ4n) is 2.05. The number of hydrogen-bond donors (Lipinski definition) is 2. The van der Waals surface area contributed by atoms with Crippen LogP contribution in [0.4, 0.5) is 11.6 Å². The van der Waals surface area contributed by atoms with Gasteiger partial charge < -0.3 is 15.4 Å². The molecule has 0 aliphatic heterocycles. The van der Waals surface area contributed by atoms with Gasteiger partial charge in [0.2, 0.25) is 5.95 Å². The van der Waals surface area contributed by atoms with E-state index >= 15 is 0 Å². The smallest absolute Gasteiger partial charge is 0.254 e. The maximum atomic E-state index is 11.9. The first-order valence-electron chi connectivity index (χ1n) is 7.77. The van der Waals surface area contributed by atoms with Crippen molar-refractivity contribution in [1.29, 1.82) is 0 Å². The first-order valence-corrected chi connectivity index (χ1v) is 7.77. The van der Waals surface area contributed by atoms with Gasteiger partial charge in [-0.15, -0.1) is 0 Å². The Morgan fingerprint density at radius 1 is 1.22 bits per heavy atom. The summed E-state index contributed by atoms with van der Waals surface area (Å²) in [6.07, 6.45) is 5.24. The number of nitrogens with one attached hydrogen (secondary N) is 2. The summed E-state index contributed by atoms with van der Waals surface area (Å²) in [6.45, 7) is 3.95. The second kappa shape index (κ2) is 6.64. The van der Waals surface area contributed by atoms with Crippen molar-refractivity contribution >= 4 is 17.5 Å². The van der Waals surface area contributed by atoms with E-state index in [4.69, 9.17) is 4.74 Å². The predicted molar refractivity (Wildman–Crippen MR) is 88.0 cm³/mol. The molecule has 0 radical (unpaired) electrons. The third-order valence-electron chi connectivity index (χ3n) is 3.32. The van der Waals surface area contributed by atoms with Crippen LogP contribution in [-0.2, 0) is 0 Å². The van der Waals surface area contributed by atoms with Crippen molar-refractivity contribution in [2.45, 2.75) is 38.8 Å². The summed E-state index contributed by atoms with van der Waals surface area (Å²) >= 11 is 0. The third kappa shape index (κ3) is 4.18. The maximum Gasteiger partial charge on any atom is 0.254 e. The standard InChI is InChI=1S/C17H20N4O2/c1-11(2)23-15-6-4-3-5-14(15)21-17-18-9-12(10-19-17)16(22)20-13-7-8-13/h3-6,9-11,13H,7-8H2,1-2H3,(H,20,22)(H,18,19,21). The van der Waals surface area contributed by atoms with Gasteiger partial charge in [-0.2, -0.15) is 0 Å². The number of carbonyl (C=O) groups excluding carboxylic acids is 1. The molecule has 120 valence electrons. The fraction of sp³-hybridized carbons (Fsp3) is 0.353. The summed E-state index contributed by atoms with van der Waals surface area (Å²) < 4.78 is 5.75. The van der Waals surface area contributed by atoms with E-state index in [-0.39, 0.29) is 12.0 Å². The van der Waals surface area contributed by atoms with Gasteiger partial charge >= 0.3 is 0 Å². The molecule has 2 N–H and O–H groups in total. The number of para-hydroxylation sites is 2. The van der Waals surface area contributed by atoms with Crippen LogP contribution in [0.15, 0.2) is 36.7 Å². The van der Waals surface area contributed by atoms with E-state index in [1.54, 1.807) is 0 Å². The van der Waals surface area contributed by atoms with E-state index in [0.29, 0.717) is 17.6 Å². The topological polar surface area (TPSA) is 76.1 Å². The Kier molecular flexibility index (Phi) is 4.41. The largest absolute Gasteiger partial charge is 0.489 e. The Morgan fingerprint density at radius 3 is 2.57 bits per heavy atom. The highest BCUT2D eigenvalue weighted by Gasteiger charge is 2.24. The summed E-state index contributed by atoms with van der Waals surface area (Å²) in [7, 11) is 0. The number of aromatic nitrogens is 2. The van der Waals surface area contributed by atoms with E-state index in [1.165, 1.54) is 12.4 Å². The molecule has 1 fully saturated rings. The molecule has 0 bridgehead atoms. The molecule has 1 aromatic carbocycles. The number of rotatable bonds is 6. The summed E-state index contributed by atoms with van der Waals surface area (Å²) in [5.41, 5.74) is 1.26. The Hall–Kier alpha value is -2.63. The molecule has 1 aliphatic carbocycles. The van der Waals surface area contributed by atoms with Crippen LogP contribution >= 0.6 is 0 Å². The summed E-state index contributed by atoms with van der Waals surface area (Å²) in [4.78, 5) is 20.3. The van der Waals surface area contributed by atoms with Crippen molar-refractivity contribution in [1.82, 2.24) is 15.3 Å². The van der Waals surface area contributed by atoms with Crippen molar-refractivity contribution in [3.63, 3.8) is 0 Å². The zero-order valence-electron chi connectivity index (χ0n) is 13.2. The monoisotopic (exact) mass is 312 g/mol. The van der Waals surface area contributed by atoms with Crippen LogP contribution in [0.2, 0.25) is 0 Å². The van der Waals surface area contributed by atoms with Gasteiger partial charge in [0.15, 0.2) is 0 Å². The normalized spacial score (nSPS) is 13.7. The van der Waals surface area contributed by atoms with Crippen molar-refractivity contribution in [3.05, 3.63) is 42.2 Å². The minimum absolute atomic E-state index is 0.0763. The van der Waals surface area contributed by atoms with E-state index in [0.717, 1.165) is 24.3 Å². The predicted octanol–water partition coefficient (Wildman–Crippen LogP) is 2.90. The fourth-order valence-corrected chi connectivity index (χ4v) is 2.05. The zero-order chi connectivity index (χ0) is 16.2. The van der Waals surface area contributed by atoms with E-state index in [2.05, 4.69) is 20.6 Å². The molecule has 0 atom stereocenters. The lowest BCUT2D eigenvalue weighted by molar-refractivity contribution is 0.0950. The highest BCUT2D eigenvalue weighted by molar-refractivity contribution is 5.94. The minimum Gasteiger partial charge on any atom is -0.489 e. The Labute approximate surface area is 135 Å². The van der Waals surface area contributed by atoms with E-state index in [9.17, 15) is 4.79 Å². The quantitative estimate of drug-likeness (QED) is 0.857. The first-order chi connectivity index (χ1) is 11.1. The number of ether oxygens (including phenoxy) is 1. The maximum absolute atomic E-state index is 11.9. The molecule has 1 heterocycles. The van der Waals surface area contributed by atoms with Gasteiger partial charge in [0.25, 0.3) is 5.91 Å². The van der Waals surface area contributed by atoms with Crippen LogP contribution in [0.25, 0.3) is 0 Å². The minimum atomic E-state index is -0.123. The molecule has 0 unspecified atom stereocenters. The van der Waals surface area contributed by atoms with Crippen LogP contribution < -0.4 is 15.4 Å². The van der Waals surface area contributed by atoms with Crippen LogP contribution in [0.5, 0.6) is 5.75 Å². The van der Waals surface area contributed by atoms with Gasteiger partial charge in [-0.1, -0.05) is 12.1 Å². The summed E-state index contributed by atoms with van der Waals surface area (Å²) in [5.74, 6) is 1.04. The lowest BCUT2D eigenvalue weighted by Gasteiger charge is -2.14.